The second-order valence-electron chi connectivity index (χ2n) is 3.80. The summed E-state index contributed by atoms with van der Waals surface area (Å²) in [5, 5.41) is 2.77. The summed E-state index contributed by atoms with van der Waals surface area (Å²) in [6.45, 7) is 9.36. The molecule has 3 heteroatoms. The van der Waals surface area contributed by atoms with E-state index < -0.39 is 0 Å². The first kappa shape index (κ1) is 11.2. The Hall–Kier alpha value is -0.830. The Kier molecular flexibility index (Phi) is 4.66. The standard InChI is InChI=1S/C11H20N2O/c1-3-12-11(14)10(2)9-13-7-5-4-6-8-13/h2-9H2,1H3,(H,12,14). The van der Waals surface area contributed by atoms with Crippen molar-refractivity contribution < 1.29 is 4.79 Å². The molecule has 80 valence electrons. The summed E-state index contributed by atoms with van der Waals surface area (Å²) in [7, 11) is 0. The number of hydrogen-bond acceptors (Lipinski definition) is 2. The van der Waals surface area contributed by atoms with Gasteiger partial charge in [-0.2, -0.15) is 0 Å². The van der Waals surface area contributed by atoms with E-state index >= 15 is 0 Å². The van der Waals surface area contributed by atoms with Gasteiger partial charge >= 0.3 is 0 Å². The lowest BCUT2D eigenvalue weighted by molar-refractivity contribution is -0.117. The predicted molar refractivity (Wildman–Crippen MR) is 58.1 cm³/mol. The van der Waals surface area contributed by atoms with Gasteiger partial charge in [0, 0.05) is 18.7 Å². The summed E-state index contributed by atoms with van der Waals surface area (Å²) in [5.74, 6) is -0.00178. The highest BCUT2D eigenvalue weighted by molar-refractivity contribution is 5.93. The normalized spacial score (nSPS) is 17.8. The molecule has 1 rings (SSSR count). The van der Waals surface area contributed by atoms with Crippen LogP contribution in [0.3, 0.4) is 0 Å². The van der Waals surface area contributed by atoms with Crippen LogP contribution >= 0.6 is 0 Å². The van der Waals surface area contributed by atoms with Crippen molar-refractivity contribution in [2.24, 2.45) is 0 Å². The molecule has 1 aliphatic heterocycles. The van der Waals surface area contributed by atoms with Gasteiger partial charge in [-0.25, -0.2) is 0 Å². The van der Waals surface area contributed by atoms with Gasteiger partial charge < -0.3 is 5.32 Å². The zero-order chi connectivity index (χ0) is 10.4. The van der Waals surface area contributed by atoms with E-state index in [-0.39, 0.29) is 5.91 Å². The monoisotopic (exact) mass is 196 g/mol. The number of hydrogen-bond donors (Lipinski definition) is 1. The lowest BCUT2D eigenvalue weighted by atomic mass is 10.1. The fourth-order valence-electron chi connectivity index (χ4n) is 1.74. The molecule has 3 nitrogen and oxygen atoms in total. The van der Waals surface area contributed by atoms with Crippen LogP contribution < -0.4 is 5.32 Å². The molecular weight excluding hydrogens is 176 g/mol. The molecule has 0 saturated carbocycles. The van der Waals surface area contributed by atoms with E-state index in [1.165, 1.54) is 19.3 Å². The van der Waals surface area contributed by atoms with Gasteiger partial charge in [0.15, 0.2) is 0 Å². The Bertz CT molecular complexity index is 207. The first-order valence-electron chi connectivity index (χ1n) is 5.42. The molecule has 0 atom stereocenters. The Morgan fingerprint density at radius 1 is 1.36 bits per heavy atom. The third-order valence-corrected chi connectivity index (χ3v) is 2.52. The van der Waals surface area contributed by atoms with Crippen LogP contribution in [0.25, 0.3) is 0 Å². The van der Waals surface area contributed by atoms with Crippen molar-refractivity contribution >= 4 is 5.91 Å². The maximum atomic E-state index is 11.4. The molecule has 0 unspecified atom stereocenters. The average molecular weight is 196 g/mol. The van der Waals surface area contributed by atoms with Gasteiger partial charge in [0.25, 0.3) is 0 Å². The van der Waals surface area contributed by atoms with Crippen LogP contribution in [0.4, 0.5) is 0 Å². The van der Waals surface area contributed by atoms with Gasteiger partial charge in [-0.3, -0.25) is 9.69 Å². The SMILES string of the molecule is C=C(CN1CCCCC1)C(=O)NCC. The van der Waals surface area contributed by atoms with Crippen LogP contribution in [-0.2, 0) is 4.79 Å². The van der Waals surface area contributed by atoms with Crippen LogP contribution in [0.2, 0.25) is 0 Å². The van der Waals surface area contributed by atoms with E-state index in [1.54, 1.807) is 0 Å². The quantitative estimate of drug-likeness (QED) is 0.684. The number of likely N-dealkylation sites (tertiary alicyclic amines) is 1. The summed E-state index contributed by atoms with van der Waals surface area (Å²) in [6, 6.07) is 0. The third-order valence-electron chi connectivity index (χ3n) is 2.52. The fourth-order valence-corrected chi connectivity index (χ4v) is 1.74. The van der Waals surface area contributed by atoms with E-state index in [4.69, 9.17) is 0 Å². The molecular formula is C11H20N2O. The van der Waals surface area contributed by atoms with Crippen molar-refractivity contribution in [2.45, 2.75) is 26.2 Å². The number of nitrogens with zero attached hydrogens (tertiary/aromatic N) is 1. The summed E-state index contributed by atoms with van der Waals surface area (Å²) in [6.07, 6.45) is 3.83. The second-order valence-corrected chi connectivity index (χ2v) is 3.80. The van der Waals surface area contributed by atoms with Gasteiger partial charge in [0.05, 0.1) is 0 Å². The average Bonchev–Trinajstić information content (AvgIpc) is 2.19. The second kappa shape index (κ2) is 5.81. The molecule has 0 aromatic rings. The molecule has 0 spiro atoms. The third kappa shape index (κ3) is 3.50. The van der Waals surface area contributed by atoms with Crippen LogP contribution in [0.1, 0.15) is 26.2 Å². The number of rotatable bonds is 4. The van der Waals surface area contributed by atoms with E-state index in [0.29, 0.717) is 12.1 Å². The van der Waals surface area contributed by atoms with Crippen molar-refractivity contribution in [1.29, 1.82) is 0 Å². The van der Waals surface area contributed by atoms with Crippen LogP contribution in [0, 0.1) is 0 Å². The van der Waals surface area contributed by atoms with E-state index in [2.05, 4.69) is 16.8 Å². The van der Waals surface area contributed by atoms with E-state index in [0.717, 1.165) is 19.6 Å². The molecule has 1 amide bonds. The van der Waals surface area contributed by atoms with Crippen LogP contribution in [0.5, 0.6) is 0 Å². The van der Waals surface area contributed by atoms with Gasteiger partial charge in [-0.1, -0.05) is 13.0 Å². The molecule has 1 fully saturated rings. The summed E-state index contributed by atoms with van der Waals surface area (Å²) in [4.78, 5) is 13.7. The number of amides is 1. The summed E-state index contributed by atoms with van der Waals surface area (Å²) < 4.78 is 0. The first-order chi connectivity index (χ1) is 6.74. The molecule has 1 N–H and O–H groups in total. The highest BCUT2D eigenvalue weighted by Gasteiger charge is 2.13. The van der Waals surface area contributed by atoms with Crippen LogP contribution in [-0.4, -0.2) is 37.0 Å². The molecule has 0 aromatic heterocycles. The molecule has 0 aliphatic carbocycles. The minimum absolute atomic E-state index is 0.00178. The fraction of sp³-hybridized carbons (Fsp3) is 0.727. The van der Waals surface area contributed by atoms with Crippen LogP contribution in [0.15, 0.2) is 12.2 Å². The molecule has 1 heterocycles. The summed E-state index contributed by atoms with van der Waals surface area (Å²) >= 11 is 0. The van der Waals surface area contributed by atoms with Gasteiger partial charge in [-0.05, 0) is 32.9 Å². The number of piperidine rings is 1. The van der Waals surface area contributed by atoms with Crippen molar-refractivity contribution in [2.75, 3.05) is 26.2 Å². The predicted octanol–water partition coefficient (Wildman–Crippen LogP) is 1.16. The minimum atomic E-state index is -0.00178. The van der Waals surface area contributed by atoms with Crippen molar-refractivity contribution in [3.63, 3.8) is 0 Å². The minimum Gasteiger partial charge on any atom is -0.353 e. The lowest BCUT2D eigenvalue weighted by Crippen LogP contribution is -2.35. The molecule has 14 heavy (non-hydrogen) atoms. The Morgan fingerprint density at radius 3 is 2.57 bits per heavy atom. The highest BCUT2D eigenvalue weighted by atomic mass is 16.1. The Balaban J connectivity index is 2.28. The Labute approximate surface area is 86.2 Å². The van der Waals surface area contributed by atoms with E-state index in [1.807, 2.05) is 6.92 Å². The zero-order valence-corrected chi connectivity index (χ0v) is 9.01. The van der Waals surface area contributed by atoms with Crippen molar-refractivity contribution in [3.8, 4) is 0 Å². The number of carbonyl (C=O) groups excluding carboxylic acids is 1. The zero-order valence-electron chi connectivity index (χ0n) is 9.01. The maximum absolute atomic E-state index is 11.4. The molecule has 0 bridgehead atoms. The number of nitrogens with one attached hydrogen (secondary N) is 1. The molecule has 1 saturated heterocycles. The Morgan fingerprint density at radius 2 is 2.00 bits per heavy atom. The molecule has 0 aromatic carbocycles. The smallest absolute Gasteiger partial charge is 0.247 e. The van der Waals surface area contributed by atoms with E-state index in [9.17, 15) is 4.79 Å². The van der Waals surface area contributed by atoms with Crippen molar-refractivity contribution in [3.05, 3.63) is 12.2 Å². The first-order valence-corrected chi connectivity index (χ1v) is 5.42. The van der Waals surface area contributed by atoms with Gasteiger partial charge in [0.1, 0.15) is 0 Å². The van der Waals surface area contributed by atoms with Gasteiger partial charge in [0.2, 0.25) is 5.91 Å². The number of likely N-dealkylation sites (N-methyl/N-ethyl adjacent to an activating group) is 1. The molecule has 0 radical (unpaired) electrons. The largest absolute Gasteiger partial charge is 0.353 e. The highest BCUT2D eigenvalue weighted by Crippen LogP contribution is 2.09. The topological polar surface area (TPSA) is 32.3 Å². The maximum Gasteiger partial charge on any atom is 0.247 e. The van der Waals surface area contributed by atoms with Gasteiger partial charge in [-0.15, -0.1) is 0 Å². The summed E-state index contributed by atoms with van der Waals surface area (Å²) in [5.41, 5.74) is 0.689. The molecule has 1 aliphatic rings. The number of carbonyl (C=O) groups is 1. The van der Waals surface area contributed by atoms with Crippen molar-refractivity contribution in [1.82, 2.24) is 10.2 Å². The lowest BCUT2D eigenvalue weighted by Gasteiger charge is -2.26.